The molecule has 200 valence electrons. The largest absolute Gasteiger partial charge is 0.504 e. The standard InChI is InChI=1S/C24H6.C12H10BrN3O3/c1-3-5-7-9-11-13-15-17-19-21-23-24-22-20-18-16-14-12-10-8-6-4-2;13-9-2-10(18)11(1-7(9)4-17)19-5-8-3-15-6-16-12(8)14/h1-2H3;1-4,6,18H,5H2,(H2,14,15,16). The Hall–Kier alpha value is -6.99. The molecular formula is C36H16BrN3O3. The van der Waals surface area contributed by atoms with Gasteiger partial charge >= 0.3 is 0 Å². The molecule has 1 heterocycles. The third-order valence-corrected chi connectivity index (χ3v) is 4.54. The van der Waals surface area contributed by atoms with Gasteiger partial charge in [0.1, 0.15) is 18.8 Å². The van der Waals surface area contributed by atoms with Crippen LogP contribution in [-0.4, -0.2) is 21.4 Å². The first-order valence-corrected chi connectivity index (χ1v) is 12.3. The Morgan fingerprint density at radius 2 is 1.19 bits per heavy atom. The van der Waals surface area contributed by atoms with Crippen LogP contribution >= 0.6 is 15.9 Å². The molecule has 0 spiro atoms. The van der Waals surface area contributed by atoms with E-state index in [0.717, 1.165) is 0 Å². The highest BCUT2D eigenvalue weighted by Crippen LogP contribution is 2.32. The van der Waals surface area contributed by atoms with Crippen molar-refractivity contribution < 1.29 is 14.6 Å². The molecule has 6 nitrogen and oxygen atoms in total. The number of phenolic OH excluding ortho intramolecular Hbond substituents is 1. The smallest absolute Gasteiger partial charge is 0.162 e. The van der Waals surface area contributed by atoms with Crippen LogP contribution in [0.15, 0.2) is 29.1 Å². The molecule has 1 aromatic carbocycles. The third kappa shape index (κ3) is 16.6. The van der Waals surface area contributed by atoms with E-state index in [1.807, 2.05) is 0 Å². The lowest BCUT2D eigenvalue weighted by Gasteiger charge is -2.10. The van der Waals surface area contributed by atoms with Gasteiger partial charge in [-0.3, -0.25) is 4.79 Å². The topological polar surface area (TPSA) is 98.3 Å². The Bertz CT molecular complexity index is 1980. The molecule has 0 unspecified atom stereocenters. The maximum Gasteiger partial charge on any atom is 0.162 e. The van der Waals surface area contributed by atoms with Crippen LogP contribution in [0.25, 0.3) is 0 Å². The van der Waals surface area contributed by atoms with Crippen LogP contribution in [-0.2, 0) is 6.61 Å². The van der Waals surface area contributed by atoms with Gasteiger partial charge in [0, 0.05) is 45.5 Å². The first-order valence-electron chi connectivity index (χ1n) is 11.5. The monoisotopic (exact) mass is 617 g/mol. The van der Waals surface area contributed by atoms with Gasteiger partial charge in [0.05, 0.1) is 0 Å². The number of hydrogen-bond donors (Lipinski definition) is 2. The Labute approximate surface area is 260 Å². The van der Waals surface area contributed by atoms with Gasteiger partial charge < -0.3 is 15.6 Å². The van der Waals surface area contributed by atoms with Crippen molar-refractivity contribution in [3.63, 3.8) is 0 Å². The number of aromatic nitrogens is 2. The number of anilines is 1. The summed E-state index contributed by atoms with van der Waals surface area (Å²) in [6.07, 6.45) is 3.52. The number of hydrogen-bond acceptors (Lipinski definition) is 6. The summed E-state index contributed by atoms with van der Waals surface area (Å²) in [6.45, 7) is 3.49. The summed E-state index contributed by atoms with van der Waals surface area (Å²) in [5.41, 5.74) is 6.62. The van der Waals surface area contributed by atoms with Crippen LogP contribution in [0.3, 0.4) is 0 Å². The maximum atomic E-state index is 10.8. The molecule has 0 aliphatic heterocycles. The van der Waals surface area contributed by atoms with E-state index in [2.05, 4.69) is 156 Å². The van der Waals surface area contributed by atoms with Gasteiger partial charge in [-0.25, -0.2) is 9.97 Å². The number of carbonyl (C=O) groups is 1. The van der Waals surface area contributed by atoms with Crippen LogP contribution < -0.4 is 10.5 Å². The van der Waals surface area contributed by atoms with Crippen molar-refractivity contribution in [2.45, 2.75) is 20.5 Å². The Morgan fingerprint density at radius 1 is 0.767 bits per heavy atom. The number of aldehydes is 1. The number of aromatic hydroxyl groups is 1. The molecule has 0 radical (unpaired) electrons. The van der Waals surface area contributed by atoms with Gasteiger partial charge in [0.15, 0.2) is 17.8 Å². The SMILES string of the molecule is CC#CC#CC#CC#CC#CC#CC#CC#CC#CC#CC#CC.Nc1ncncc1COc1cc(C=O)c(Br)cc1O. The highest BCUT2D eigenvalue weighted by molar-refractivity contribution is 9.10. The first kappa shape index (κ1) is 34.0. The average molecular weight is 618 g/mol. The zero-order chi connectivity index (χ0) is 31.4. The fourth-order valence-electron chi connectivity index (χ4n) is 2.09. The number of nitrogens with two attached hydrogens (primary N) is 1. The van der Waals surface area contributed by atoms with E-state index in [1.54, 1.807) is 13.8 Å². The van der Waals surface area contributed by atoms with Crippen molar-refractivity contribution in [2.24, 2.45) is 0 Å². The summed E-state index contributed by atoms with van der Waals surface area (Å²) in [4.78, 5) is 18.5. The molecule has 0 saturated carbocycles. The number of phenols is 1. The molecule has 0 fully saturated rings. The molecule has 0 aliphatic rings. The molecule has 0 aliphatic carbocycles. The number of rotatable bonds is 4. The van der Waals surface area contributed by atoms with Gasteiger partial charge in [-0.15, -0.1) is 0 Å². The highest BCUT2D eigenvalue weighted by atomic mass is 79.9. The van der Waals surface area contributed by atoms with Gasteiger partial charge in [-0.2, -0.15) is 0 Å². The zero-order valence-corrected chi connectivity index (χ0v) is 24.3. The fourth-order valence-corrected chi connectivity index (χ4v) is 2.51. The second-order valence-electron chi connectivity index (χ2n) is 6.68. The number of ether oxygens (including phenoxy) is 1. The predicted molar refractivity (Wildman–Crippen MR) is 169 cm³/mol. The van der Waals surface area contributed by atoms with Crippen molar-refractivity contribution in [3.05, 3.63) is 40.3 Å². The van der Waals surface area contributed by atoms with E-state index in [0.29, 0.717) is 27.7 Å². The first-order chi connectivity index (χ1) is 21.0. The average Bonchev–Trinajstić information content (AvgIpc) is 3.01. The van der Waals surface area contributed by atoms with Crippen molar-refractivity contribution in [1.82, 2.24) is 9.97 Å². The van der Waals surface area contributed by atoms with E-state index in [9.17, 15) is 9.90 Å². The number of carbonyl (C=O) groups excluding carboxylic acids is 1. The molecule has 0 saturated heterocycles. The molecule has 0 atom stereocenters. The molecule has 2 rings (SSSR count). The number of nitrogen functional groups attached to an aromatic ring is 1. The summed E-state index contributed by atoms with van der Waals surface area (Å²) >= 11 is 3.16. The van der Waals surface area contributed by atoms with Crippen LogP contribution in [0, 0.1) is 130 Å². The summed E-state index contributed by atoms with van der Waals surface area (Å²) in [7, 11) is 0. The number of halogens is 1. The molecular weight excluding hydrogens is 602 g/mol. The molecule has 2 aromatic rings. The van der Waals surface area contributed by atoms with Gasteiger partial charge in [0.2, 0.25) is 0 Å². The van der Waals surface area contributed by atoms with E-state index >= 15 is 0 Å². The molecule has 7 heteroatoms. The Kier molecular flexibility index (Phi) is 18.2. The Morgan fingerprint density at radius 3 is 1.56 bits per heavy atom. The van der Waals surface area contributed by atoms with Gasteiger partial charge in [-0.1, -0.05) is 11.8 Å². The lowest BCUT2D eigenvalue weighted by molar-refractivity contribution is 0.112. The molecule has 43 heavy (non-hydrogen) atoms. The number of benzene rings is 1. The van der Waals surface area contributed by atoms with Crippen LogP contribution in [0.5, 0.6) is 11.5 Å². The molecule has 0 amide bonds. The second-order valence-corrected chi connectivity index (χ2v) is 7.54. The van der Waals surface area contributed by atoms with E-state index in [1.165, 1.54) is 24.7 Å². The minimum atomic E-state index is -0.0760. The summed E-state index contributed by atoms with van der Waals surface area (Å²) in [5, 5.41) is 9.73. The zero-order valence-electron chi connectivity index (χ0n) is 22.7. The van der Waals surface area contributed by atoms with Gasteiger partial charge in [-0.05, 0) is 137 Å². The van der Waals surface area contributed by atoms with Crippen molar-refractivity contribution in [1.29, 1.82) is 0 Å². The molecule has 1 aromatic heterocycles. The lowest BCUT2D eigenvalue weighted by atomic mass is 10.2. The minimum absolute atomic E-state index is 0.0760. The van der Waals surface area contributed by atoms with Crippen molar-refractivity contribution >= 4 is 28.0 Å². The lowest BCUT2D eigenvalue weighted by Crippen LogP contribution is -2.03. The van der Waals surface area contributed by atoms with E-state index in [4.69, 9.17) is 10.5 Å². The maximum absolute atomic E-state index is 10.8. The normalized spacial score (nSPS) is 6.67. The summed E-state index contributed by atoms with van der Waals surface area (Å²) < 4.78 is 5.91. The quantitative estimate of drug-likeness (QED) is 0.404. The van der Waals surface area contributed by atoms with Crippen LogP contribution in [0.4, 0.5) is 5.82 Å². The van der Waals surface area contributed by atoms with E-state index < -0.39 is 0 Å². The van der Waals surface area contributed by atoms with Crippen molar-refractivity contribution in [2.75, 3.05) is 5.73 Å². The van der Waals surface area contributed by atoms with Gasteiger partial charge in [0.25, 0.3) is 0 Å². The highest BCUT2D eigenvalue weighted by Gasteiger charge is 2.09. The summed E-state index contributed by atoms with van der Waals surface area (Å²) in [6, 6.07) is 2.83. The predicted octanol–water partition coefficient (Wildman–Crippen LogP) is 2.98. The van der Waals surface area contributed by atoms with Crippen LogP contribution in [0.1, 0.15) is 29.8 Å². The fraction of sp³-hybridized carbons (Fsp3) is 0.0833. The Balaban J connectivity index is 0.000000439. The second kappa shape index (κ2) is 22.9. The minimum Gasteiger partial charge on any atom is -0.504 e. The summed E-state index contributed by atoms with van der Waals surface area (Å²) in [5.74, 6) is 56.0. The molecule has 0 bridgehead atoms. The van der Waals surface area contributed by atoms with E-state index in [-0.39, 0.29) is 18.1 Å². The van der Waals surface area contributed by atoms with Crippen molar-refractivity contribution in [3.8, 4) is 142 Å². The third-order valence-electron chi connectivity index (χ3n) is 3.85. The van der Waals surface area contributed by atoms with Crippen LogP contribution in [0.2, 0.25) is 0 Å². The molecule has 3 N–H and O–H groups in total. The number of nitrogens with zero attached hydrogens (tertiary/aromatic N) is 2.